The SMILES string of the molecule is CC(O)COn1c(=O)ccc2ccccc21. The number of fused-ring (bicyclic) bond motifs is 1. The van der Waals surface area contributed by atoms with E-state index in [1.165, 1.54) is 10.8 Å². The van der Waals surface area contributed by atoms with Crippen molar-refractivity contribution in [2.75, 3.05) is 6.61 Å². The molecule has 16 heavy (non-hydrogen) atoms. The van der Waals surface area contributed by atoms with Gasteiger partial charge < -0.3 is 9.94 Å². The van der Waals surface area contributed by atoms with Crippen LogP contribution in [-0.4, -0.2) is 22.5 Å². The zero-order valence-electron chi connectivity index (χ0n) is 8.96. The summed E-state index contributed by atoms with van der Waals surface area (Å²) in [5.41, 5.74) is 0.468. The second kappa shape index (κ2) is 4.37. The van der Waals surface area contributed by atoms with Gasteiger partial charge in [-0.05, 0) is 19.1 Å². The van der Waals surface area contributed by atoms with Crippen molar-refractivity contribution in [1.29, 1.82) is 0 Å². The first kappa shape index (κ1) is 10.7. The first-order valence-electron chi connectivity index (χ1n) is 5.10. The molecule has 1 aromatic carbocycles. The van der Waals surface area contributed by atoms with Crippen LogP contribution in [0, 0.1) is 0 Å². The van der Waals surface area contributed by atoms with Gasteiger partial charge in [-0.2, -0.15) is 0 Å². The summed E-state index contributed by atoms with van der Waals surface area (Å²) in [5, 5.41) is 10.1. The Bertz CT molecular complexity index is 545. The third-order valence-corrected chi connectivity index (χ3v) is 2.21. The quantitative estimate of drug-likeness (QED) is 0.831. The number of aliphatic hydroxyl groups excluding tert-OH is 1. The average molecular weight is 219 g/mol. The second-order valence-electron chi connectivity index (χ2n) is 3.67. The van der Waals surface area contributed by atoms with Gasteiger partial charge in [0.15, 0.2) is 0 Å². The minimum Gasteiger partial charge on any atom is -0.407 e. The van der Waals surface area contributed by atoms with Gasteiger partial charge in [0.05, 0.1) is 11.6 Å². The van der Waals surface area contributed by atoms with E-state index in [2.05, 4.69) is 0 Å². The van der Waals surface area contributed by atoms with E-state index in [-0.39, 0.29) is 12.2 Å². The van der Waals surface area contributed by atoms with Crippen LogP contribution in [0.1, 0.15) is 6.92 Å². The zero-order chi connectivity index (χ0) is 11.5. The monoisotopic (exact) mass is 219 g/mol. The zero-order valence-corrected chi connectivity index (χ0v) is 8.96. The van der Waals surface area contributed by atoms with Crippen LogP contribution in [0.3, 0.4) is 0 Å². The third kappa shape index (κ3) is 2.06. The molecular weight excluding hydrogens is 206 g/mol. The maximum absolute atomic E-state index is 11.6. The number of pyridine rings is 1. The predicted molar refractivity (Wildman–Crippen MR) is 61.3 cm³/mol. The van der Waals surface area contributed by atoms with Gasteiger partial charge in [-0.1, -0.05) is 18.2 Å². The number of hydrogen-bond donors (Lipinski definition) is 1. The first-order chi connectivity index (χ1) is 7.68. The van der Waals surface area contributed by atoms with Crippen LogP contribution in [0.4, 0.5) is 0 Å². The van der Waals surface area contributed by atoms with Crippen molar-refractivity contribution in [3.8, 4) is 0 Å². The first-order valence-corrected chi connectivity index (χ1v) is 5.10. The molecule has 0 saturated heterocycles. The van der Waals surface area contributed by atoms with E-state index in [0.29, 0.717) is 5.52 Å². The van der Waals surface area contributed by atoms with E-state index in [0.717, 1.165) is 5.39 Å². The molecule has 1 N–H and O–H groups in total. The maximum Gasteiger partial charge on any atom is 0.283 e. The normalized spacial score (nSPS) is 12.6. The summed E-state index contributed by atoms with van der Waals surface area (Å²) < 4.78 is 1.21. The van der Waals surface area contributed by atoms with Crippen molar-refractivity contribution in [3.63, 3.8) is 0 Å². The Morgan fingerprint density at radius 3 is 2.81 bits per heavy atom. The van der Waals surface area contributed by atoms with Gasteiger partial charge in [0, 0.05) is 11.5 Å². The molecule has 4 nitrogen and oxygen atoms in total. The van der Waals surface area contributed by atoms with E-state index in [9.17, 15) is 4.79 Å². The summed E-state index contributed by atoms with van der Waals surface area (Å²) in [7, 11) is 0. The third-order valence-electron chi connectivity index (χ3n) is 2.21. The summed E-state index contributed by atoms with van der Waals surface area (Å²) in [4.78, 5) is 16.9. The van der Waals surface area contributed by atoms with Gasteiger partial charge in [0.25, 0.3) is 5.56 Å². The number of aliphatic hydroxyl groups is 1. The molecule has 1 heterocycles. The molecule has 84 valence electrons. The van der Waals surface area contributed by atoms with Crippen molar-refractivity contribution in [1.82, 2.24) is 4.73 Å². The maximum atomic E-state index is 11.6. The molecule has 0 fully saturated rings. The molecule has 2 rings (SSSR count). The van der Waals surface area contributed by atoms with Crippen molar-refractivity contribution >= 4 is 10.9 Å². The van der Waals surface area contributed by atoms with Crippen molar-refractivity contribution in [2.24, 2.45) is 0 Å². The van der Waals surface area contributed by atoms with Crippen LogP contribution in [0.25, 0.3) is 10.9 Å². The van der Waals surface area contributed by atoms with E-state index < -0.39 is 6.10 Å². The average Bonchev–Trinajstić information content (AvgIpc) is 2.27. The Labute approximate surface area is 92.7 Å². The van der Waals surface area contributed by atoms with Gasteiger partial charge >= 0.3 is 0 Å². The van der Waals surface area contributed by atoms with Crippen LogP contribution in [0.2, 0.25) is 0 Å². The lowest BCUT2D eigenvalue weighted by Crippen LogP contribution is -2.30. The summed E-state index contributed by atoms with van der Waals surface area (Å²) >= 11 is 0. The molecular formula is C12H13NO3. The minimum absolute atomic E-state index is 0.0912. The lowest BCUT2D eigenvalue weighted by molar-refractivity contribution is 0.0363. The number of hydrogen-bond acceptors (Lipinski definition) is 3. The van der Waals surface area contributed by atoms with Crippen molar-refractivity contribution in [3.05, 3.63) is 46.8 Å². The summed E-state index contributed by atoms with van der Waals surface area (Å²) in [6.07, 6.45) is -0.606. The molecule has 0 bridgehead atoms. The number of benzene rings is 1. The Kier molecular flexibility index (Phi) is 2.92. The molecule has 4 heteroatoms. The number of nitrogens with zero attached hydrogens (tertiary/aromatic N) is 1. The molecule has 2 aromatic rings. The fraction of sp³-hybridized carbons (Fsp3) is 0.250. The van der Waals surface area contributed by atoms with E-state index in [1.54, 1.807) is 19.1 Å². The fourth-order valence-corrected chi connectivity index (χ4v) is 1.48. The van der Waals surface area contributed by atoms with Crippen LogP contribution in [0.15, 0.2) is 41.2 Å². The van der Waals surface area contributed by atoms with Gasteiger partial charge in [-0.15, -0.1) is 4.73 Å². The highest BCUT2D eigenvalue weighted by Crippen LogP contribution is 2.09. The summed E-state index contributed by atoms with van der Waals surface area (Å²) in [6.45, 7) is 1.70. The molecule has 0 spiro atoms. The molecule has 0 saturated carbocycles. The molecule has 0 aliphatic rings. The van der Waals surface area contributed by atoms with Crippen LogP contribution in [-0.2, 0) is 0 Å². The Hall–Kier alpha value is -1.81. The van der Waals surface area contributed by atoms with Gasteiger partial charge in [-0.3, -0.25) is 4.79 Å². The summed E-state index contributed by atoms with van der Waals surface area (Å²) in [6, 6.07) is 10.6. The molecule has 1 unspecified atom stereocenters. The van der Waals surface area contributed by atoms with Gasteiger partial charge in [0.1, 0.15) is 6.61 Å². The van der Waals surface area contributed by atoms with Crippen LogP contribution in [0.5, 0.6) is 0 Å². The lowest BCUT2D eigenvalue weighted by atomic mass is 10.2. The highest BCUT2D eigenvalue weighted by atomic mass is 16.7. The van der Waals surface area contributed by atoms with Gasteiger partial charge in [-0.25, -0.2) is 0 Å². The topological polar surface area (TPSA) is 51.5 Å². The molecule has 1 atom stereocenters. The predicted octanol–water partition coefficient (Wildman–Crippen LogP) is 0.811. The van der Waals surface area contributed by atoms with E-state index in [1.807, 2.05) is 18.2 Å². The molecule has 0 aliphatic heterocycles. The highest BCUT2D eigenvalue weighted by molar-refractivity contribution is 5.78. The van der Waals surface area contributed by atoms with Crippen molar-refractivity contribution in [2.45, 2.75) is 13.0 Å². The fourth-order valence-electron chi connectivity index (χ4n) is 1.48. The van der Waals surface area contributed by atoms with Crippen LogP contribution < -0.4 is 10.4 Å². The van der Waals surface area contributed by atoms with Crippen LogP contribution >= 0.6 is 0 Å². The molecule has 0 aliphatic carbocycles. The van der Waals surface area contributed by atoms with Gasteiger partial charge in [0.2, 0.25) is 0 Å². The van der Waals surface area contributed by atoms with E-state index in [4.69, 9.17) is 9.94 Å². The number of rotatable bonds is 3. The lowest BCUT2D eigenvalue weighted by Gasteiger charge is -2.12. The summed E-state index contributed by atoms with van der Waals surface area (Å²) in [5.74, 6) is 0. The number of aromatic nitrogens is 1. The minimum atomic E-state index is -0.606. The molecule has 0 amide bonds. The smallest absolute Gasteiger partial charge is 0.283 e. The molecule has 0 radical (unpaired) electrons. The Morgan fingerprint density at radius 2 is 2.06 bits per heavy atom. The standard InChI is InChI=1S/C12H13NO3/c1-9(14)8-16-13-11-5-3-2-4-10(11)6-7-12(13)15/h2-7,9,14H,8H2,1H3. The van der Waals surface area contributed by atoms with E-state index >= 15 is 0 Å². The largest absolute Gasteiger partial charge is 0.407 e. The Morgan fingerprint density at radius 1 is 1.31 bits per heavy atom. The second-order valence-corrected chi connectivity index (χ2v) is 3.67. The highest BCUT2D eigenvalue weighted by Gasteiger charge is 2.04. The van der Waals surface area contributed by atoms with Crippen molar-refractivity contribution < 1.29 is 9.94 Å². The molecule has 1 aromatic heterocycles. The Balaban J connectivity index is 2.49. The number of para-hydroxylation sites is 1.